The van der Waals surface area contributed by atoms with Crippen molar-refractivity contribution in [2.45, 2.75) is 0 Å². The third-order valence-electron chi connectivity index (χ3n) is 3.01. The minimum Gasteiger partial charge on any atom is -0.497 e. The SMILES string of the molecule is COc1ccc(OCC(=O)NN=Cc2cc([N+](=O)[O-])ccc2Cl)cc1. The van der Waals surface area contributed by atoms with Crippen molar-refractivity contribution in [1.82, 2.24) is 5.43 Å². The van der Waals surface area contributed by atoms with E-state index in [1.165, 1.54) is 24.4 Å². The number of hydrazone groups is 1. The van der Waals surface area contributed by atoms with Crippen molar-refractivity contribution in [3.63, 3.8) is 0 Å². The predicted octanol–water partition coefficient (Wildman–Crippen LogP) is 2.79. The Hall–Kier alpha value is -3.13. The summed E-state index contributed by atoms with van der Waals surface area (Å²) in [7, 11) is 1.55. The van der Waals surface area contributed by atoms with E-state index in [0.29, 0.717) is 17.1 Å². The van der Waals surface area contributed by atoms with E-state index in [9.17, 15) is 14.9 Å². The number of hydrogen-bond donors (Lipinski definition) is 1. The monoisotopic (exact) mass is 363 g/mol. The number of carbonyl (C=O) groups excluding carboxylic acids is 1. The zero-order valence-electron chi connectivity index (χ0n) is 13.1. The molecule has 2 rings (SSSR count). The molecule has 1 N–H and O–H groups in total. The number of nitrogens with one attached hydrogen (secondary N) is 1. The standard InChI is InChI=1S/C16H14ClN3O5/c1-24-13-3-5-14(6-4-13)25-10-16(21)19-18-9-11-8-12(20(22)23)2-7-15(11)17/h2-9H,10H2,1H3,(H,19,21). The van der Waals surface area contributed by atoms with Gasteiger partial charge < -0.3 is 9.47 Å². The molecule has 0 atom stereocenters. The highest BCUT2D eigenvalue weighted by Crippen LogP contribution is 2.20. The number of nitrogens with zero attached hydrogens (tertiary/aromatic N) is 2. The molecule has 0 aromatic heterocycles. The number of nitro groups is 1. The smallest absolute Gasteiger partial charge is 0.277 e. The van der Waals surface area contributed by atoms with Crippen LogP contribution in [0.3, 0.4) is 0 Å². The molecule has 8 nitrogen and oxygen atoms in total. The molecule has 0 aliphatic carbocycles. The van der Waals surface area contributed by atoms with Crippen molar-refractivity contribution in [2.24, 2.45) is 5.10 Å². The van der Waals surface area contributed by atoms with Crippen LogP contribution in [0.4, 0.5) is 5.69 Å². The number of hydrogen-bond acceptors (Lipinski definition) is 6. The van der Waals surface area contributed by atoms with Gasteiger partial charge in [-0.1, -0.05) is 11.6 Å². The van der Waals surface area contributed by atoms with E-state index < -0.39 is 10.8 Å². The van der Waals surface area contributed by atoms with Gasteiger partial charge in [-0.25, -0.2) is 5.43 Å². The van der Waals surface area contributed by atoms with Gasteiger partial charge in [0.15, 0.2) is 6.61 Å². The fourth-order valence-electron chi connectivity index (χ4n) is 1.77. The molecule has 2 aromatic carbocycles. The topological polar surface area (TPSA) is 103 Å². The number of rotatable bonds is 7. The number of methoxy groups -OCH3 is 1. The van der Waals surface area contributed by atoms with Gasteiger partial charge in [0, 0.05) is 22.7 Å². The van der Waals surface area contributed by atoms with Crippen LogP contribution in [0.5, 0.6) is 11.5 Å². The lowest BCUT2D eigenvalue weighted by molar-refractivity contribution is -0.384. The minimum atomic E-state index is -0.547. The van der Waals surface area contributed by atoms with E-state index in [0.717, 1.165) is 0 Å². The first kappa shape index (κ1) is 18.2. The third-order valence-corrected chi connectivity index (χ3v) is 3.36. The average molecular weight is 364 g/mol. The van der Waals surface area contributed by atoms with E-state index >= 15 is 0 Å². The normalized spacial score (nSPS) is 10.5. The Morgan fingerprint density at radius 2 is 1.96 bits per heavy atom. The highest BCUT2D eigenvalue weighted by atomic mass is 35.5. The maximum absolute atomic E-state index is 11.7. The van der Waals surface area contributed by atoms with Crippen LogP contribution in [-0.2, 0) is 4.79 Å². The van der Waals surface area contributed by atoms with Crippen molar-refractivity contribution in [2.75, 3.05) is 13.7 Å². The Balaban J connectivity index is 1.87. The van der Waals surface area contributed by atoms with E-state index in [1.54, 1.807) is 31.4 Å². The first-order chi connectivity index (χ1) is 12.0. The number of benzene rings is 2. The van der Waals surface area contributed by atoms with Crippen LogP contribution in [0.25, 0.3) is 0 Å². The summed E-state index contributed by atoms with van der Waals surface area (Å²) in [6, 6.07) is 10.7. The van der Waals surface area contributed by atoms with Crippen LogP contribution in [-0.4, -0.2) is 30.8 Å². The Labute approximate surface area is 148 Å². The lowest BCUT2D eigenvalue weighted by Gasteiger charge is -2.06. The molecule has 0 fully saturated rings. The van der Waals surface area contributed by atoms with E-state index in [2.05, 4.69) is 10.5 Å². The molecule has 0 aliphatic rings. The molecule has 0 heterocycles. The summed E-state index contributed by atoms with van der Waals surface area (Å²) >= 11 is 5.92. The van der Waals surface area contributed by atoms with Crippen LogP contribution >= 0.6 is 11.6 Å². The van der Waals surface area contributed by atoms with Crippen LogP contribution in [0.15, 0.2) is 47.6 Å². The number of non-ortho nitro benzene ring substituents is 1. The molecule has 0 saturated heterocycles. The van der Waals surface area contributed by atoms with Crippen molar-refractivity contribution in [3.05, 3.63) is 63.2 Å². The summed E-state index contributed by atoms with van der Waals surface area (Å²) in [6.07, 6.45) is 1.22. The summed E-state index contributed by atoms with van der Waals surface area (Å²) in [4.78, 5) is 21.9. The zero-order chi connectivity index (χ0) is 18.2. The second-order valence-corrected chi connectivity index (χ2v) is 5.13. The van der Waals surface area contributed by atoms with Gasteiger partial charge in [-0.3, -0.25) is 14.9 Å². The van der Waals surface area contributed by atoms with Crippen molar-refractivity contribution < 1.29 is 19.2 Å². The van der Waals surface area contributed by atoms with Crippen molar-refractivity contribution >= 4 is 29.4 Å². The Morgan fingerprint density at radius 1 is 1.28 bits per heavy atom. The molecule has 9 heteroatoms. The molecule has 0 spiro atoms. The quantitative estimate of drug-likeness (QED) is 0.463. The van der Waals surface area contributed by atoms with Gasteiger partial charge in [0.1, 0.15) is 11.5 Å². The van der Waals surface area contributed by atoms with Gasteiger partial charge in [-0.05, 0) is 30.3 Å². The second-order valence-electron chi connectivity index (χ2n) is 4.72. The molecule has 0 aliphatic heterocycles. The summed E-state index contributed by atoms with van der Waals surface area (Å²) in [5, 5.41) is 14.7. The molecule has 0 bridgehead atoms. The Morgan fingerprint density at radius 3 is 2.60 bits per heavy atom. The summed E-state index contributed by atoms with van der Waals surface area (Å²) in [5.41, 5.74) is 2.44. The molecule has 2 aromatic rings. The Kier molecular flexibility index (Phi) is 6.30. The minimum absolute atomic E-state index is 0.125. The number of nitro benzene ring substituents is 1. The van der Waals surface area contributed by atoms with E-state index in [-0.39, 0.29) is 17.3 Å². The summed E-state index contributed by atoms with van der Waals surface area (Å²) < 4.78 is 10.3. The molecule has 0 unspecified atom stereocenters. The lowest BCUT2D eigenvalue weighted by Crippen LogP contribution is -2.24. The first-order valence-corrected chi connectivity index (χ1v) is 7.40. The maximum Gasteiger partial charge on any atom is 0.277 e. The predicted molar refractivity (Wildman–Crippen MR) is 92.3 cm³/mol. The lowest BCUT2D eigenvalue weighted by atomic mass is 10.2. The number of amides is 1. The fourth-order valence-corrected chi connectivity index (χ4v) is 1.94. The molecule has 0 saturated carbocycles. The van der Waals surface area contributed by atoms with Crippen LogP contribution < -0.4 is 14.9 Å². The molecular weight excluding hydrogens is 350 g/mol. The van der Waals surface area contributed by atoms with Gasteiger partial charge in [0.2, 0.25) is 0 Å². The van der Waals surface area contributed by atoms with Gasteiger partial charge in [0.25, 0.3) is 11.6 Å². The molecule has 130 valence electrons. The average Bonchev–Trinajstić information content (AvgIpc) is 2.61. The van der Waals surface area contributed by atoms with Crippen molar-refractivity contribution in [1.29, 1.82) is 0 Å². The maximum atomic E-state index is 11.7. The van der Waals surface area contributed by atoms with Gasteiger partial charge >= 0.3 is 0 Å². The third kappa shape index (κ3) is 5.47. The molecule has 25 heavy (non-hydrogen) atoms. The van der Waals surface area contributed by atoms with Crippen LogP contribution in [0.2, 0.25) is 5.02 Å². The van der Waals surface area contributed by atoms with E-state index in [4.69, 9.17) is 21.1 Å². The summed E-state index contributed by atoms with van der Waals surface area (Å²) in [6.45, 7) is -0.244. The van der Waals surface area contributed by atoms with Crippen LogP contribution in [0.1, 0.15) is 5.56 Å². The van der Waals surface area contributed by atoms with Gasteiger partial charge in [-0.15, -0.1) is 0 Å². The highest BCUT2D eigenvalue weighted by molar-refractivity contribution is 6.33. The largest absolute Gasteiger partial charge is 0.497 e. The van der Waals surface area contributed by atoms with E-state index in [1.807, 2.05) is 0 Å². The first-order valence-electron chi connectivity index (χ1n) is 7.02. The number of ether oxygens (including phenoxy) is 2. The van der Waals surface area contributed by atoms with Crippen LogP contribution in [0, 0.1) is 10.1 Å². The molecule has 1 amide bonds. The highest BCUT2D eigenvalue weighted by Gasteiger charge is 2.08. The Bertz CT molecular complexity index is 793. The summed E-state index contributed by atoms with van der Waals surface area (Å²) in [5.74, 6) is 0.686. The second kappa shape index (κ2) is 8.65. The van der Waals surface area contributed by atoms with Gasteiger partial charge in [0.05, 0.1) is 18.2 Å². The number of halogens is 1. The molecular formula is C16H14ClN3O5. The molecule has 0 radical (unpaired) electrons. The van der Waals surface area contributed by atoms with Gasteiger partial charge in [-0.2, -0.15) is 5.10 Å². The zero-order valence-corrected chi connectivity index (χ0v) is 13.9. The fraction of sp³-hybridized carbons (Fsp3) is 0.125. The van der Waals surface area contributed by atoms with Crippen molar-refractivity contribution in [3.8, 4) is 11.5 Å². The number of carbonyl (C=O) groups is 1.